The summed E-state index contributed by atoms with van der Waals surface area (Å²) in [5.74, 6) is 0. The zero-order chi connectivity index (χ0) is 11.6. The molecule has 0 aromatic heterocycles. The van der Waals surface area contributed by atoms with Gasteiger partial charge in [0.05, 0.1) is 6.10 Å². The largest absolute Gasteiger partial charge is 0.328 e. The van der Waals surface area contributed by atoms with E-state index in [0.29, 0.717) is 0 Å². The van der Waals surface area contributed by atoms with E-state index in [-0.39, 0.29) is 6.10 Å². The molecular weight excluding hydrogens is 201 g/mol. The third-order valence-electron chi connectivity index (χ3n) is 1.65. The summed E-state index contributed by atoms with van der Waals surface area (Å²) in [6.07, 6.45) is -0.0962. The molecule has 0 amide bonds. The molecule has 5 heteroatoms. The molecule has 14 heavy (non-hydrogen) atoms. The zero-order valence-corrected chi connectivity index (χ0v) is 10.8. The van der Waals surface area contributed by atoms with Gasteiger partial charge in [0.25, 0.3) is 0 Å². The summed E-state index contributed by atoms with van der Waals surface area (Å²) in [6, 6.07) is 0. The first kappa shape index (κ1) is 16.7. The molecule has 0 aromatic carbocycles. The second kappa shape index (κ2) is 11.3. The summed E-state index contributed by atoms with van der Waals surface area (Å²) in [5.41, 5.74) is 0. The van der Waals surface area contributed by atoms with Gasteiger partial charge in [0.2, 0.25) is 0 Å². The van der Waals surface area contributed by atoms with Gasteiger partial charge in [-0.15, -0.1) is 0 Å². The van der Waals surface area contributed by atoms with Crippen LogP contribution in [-0.2, 0) is 4.52 Å². The monoisotopic (exact) mass is 225 g/mol. The molecule has 0 aliphatic heterocycles. The van der Waals surface area contributed by atoms with Crippen molar-refractivity contribution in [3.05, 3.63) is 0 Å². The van der Waals surface area contributed by atoms with E-state index in [4.69, 9.17) is 9.79 Å². The Morgan fingerprint density at radius 2 is 1.43 bits per heavy atom. The number of nitrogens with zero attached hydrogens (tertiary/aromatic N) is 1. The van der Waals surface area contributed by atoms with Gasteiger partial charge in [-0.2, -0.15) is 0 Å². The van der Waals surface area contributed by atoms with Gasteiger partial charge in [0.15, 0.2) is 0 Å². The Kier molecular flexibility index (Phi) is 13.5. The molecule has 0 saturated heterocycles. The van der Waals surface area contributed by atoms with Crippen molar-refractivity contribution >= 4 is 8.60 Å². The van der Waals surface area contributed by atoms with Crippen LogP contribution in [0, 0.1) is 0 Å². The Morgan fingerprint density at radius 3 is 1.43 bits per heavy atom. The fourth-order valence-electron chi connectivity index (χ4n) is 0.859. The lowest BCUT2D eigenvalue weighted by atomic mass is 10.5. The molecule has 0 rings (SSSR count). The van der Waals surface area contributed by atoms with Crippen LogP contribution in [0.15, 0.2) is 0 Å². The van der Waals surface area contributed by atoms with Gasteiger partial charge in [-0.05, 0) is 33.5 Å². The molecule has 0 unspecified atom stereocenters. The molecule has 0 heterocycles. The summed E-state index contributed by atoms with van der Waals surface area (Å²) in [6.45, 7) is 13.6. The van der Waals surface area contributed by atoms with Crippen LogP contribution in [0.5, 0.6) is 0 Å². The first-order valence-corrected chi connectivity index (χ1v) is 6.21. The second-order valence-electron chi connectivity index (χ2n) is 3.03. The van der Waals surface area contributed by atoms with Crippen LogP contribution in [0.1, 0.15) is 34.6 Å². The van der Waals surface area contributed by atoms with E-state index < -0.39 is 8.60 Å². The molecule has 4 nitrogen and oxygen atoms in total. The molecule has 88 valence electrons. The van der Waals surface area contributed by atoms with Crippen LogP contribution in [-0.4, -0.2) is 40.4 Å². The average molecular weight is 225 g/mol. The third kappa shape index (κ3) is 14.8. The minimum atomic E-state index is -2.14. The van der Waals surface area contributed by atoms with E-state index in [1.54, 1.807) is 13.8 Å². The Balaban J connectivity index is 0. The highest BCUT2D eigenvalue weighted by molar-refractivity contribution is 7.39. The molecule has 2 N–H and O–H groups in total. The van der Waals surface area contributed by atoms with E-state index >= 15 is 0 Å². The van der Waals surface area contributed by atoms with Gasteiger partial charge in [-0.3, -0.25) is 0 Å². The molecule has 0 radical (unpaired) electrons. The van der Waals surface area contributed by atoms with Crippen molar-refractivity contribution in [2.24, 2.45) is 0 Å². The summed E-state index contributed by atoms with van der Waals surface area (Å²) < 4.78 is 4.43. The van der Waals surface area contributed by atoms with Crippen LogP contribution in [0.2, 0.25) is 0 Å². The summed E-state index contributed by atoms with van der Waals surface area (Å²) in [4.78, 5) is 18.6. The van der Waals surface area contributed by atoms with Crippen LogP contribution in [0.4, 0.5) is 0 Å². The van der Waals surface area contributed by atoms with Gasteiger partial charge in [0.1, 0.15) is 0 Å². The Labute approximate surface area is 88.9 Å². The van der Waals surface area contributed by atoms with Crippen LogP contribution in [0.3, 0.4) is 0 Å². The van der Waals surface area contributed by atoms with Crippen molar-refractivity contribution in [1.29, 1.82) is 0 Å². The number of hydrogen-bond donors (Lipinski definition) is 2. The predicted octanol–water partition coefficient (Wildman–Crippen LogP) is 1.97. The highest BCUT2D eigenvalue weighted by atomic mass is 31.2. The van der Waals surface area contributed by atoms with Gasteiger partial charge in [-0.25, -0.2) is 0 Å². The van der Waals surface area contributed by atoms with Crippen molar-refractivity contribution in [1.82, 2.24) is 4.90 Å². The average Bonchev–Trinajstić information content (AvgIpc) is 2.06. The lowest BCUT2D eigenvalue weighted by Crippen LogP contribution is -2.21. The van der Waals surface area contributed by atoms with Gasteiger partial charge in [0, 0.05) is 0 Å². The molecule has 0 aliphatic rings. The quantitative estimate of drug-likeness (QED) is 0.702. The lowest BCUT2D eigenvalue weighted by Gasteiger charge is -2.13. The molecule has 0 bridgehead atoms. The highest BCUT2D eigenvalue weighted by Crippen LogP contribution is 2.25. The molecule has 0 spiro atoms. The summed E-state index contributed by atoms with van der Waals surface area (Å²) >= 11 is 0. The van der Waals surface area contributed by atoms with Crippen molar-refractivity contribution in [2.45, 2.75) is 40.7 Å². The molecule has 0 aromatic rings. The first-order chi connectivity index (χ1) is 6.47. The van der Waals surface area contributed by atoms with Gasteiger partial charge in [-0.1, -0.05) is 20.8 Å². The standard InChI is InChI=1S/C6H15N.C3H9O3P/c1-4-7(5-2)6-3;1-3(2)6-7(4)5/h4-6H2,1-3H3;3-5H,1-2H3. The number of hydrogen-bond acceptors (Lipinski definition) is 4. The second-order valence-corrected chi connectivity index (χ2v) is 3.74. The van der Waals surface area contributed by atoms with Gasteiger partial charge < -0.3 is 19.2 Å². The lowest BCUT2D eigenvalue weighted by molar-refractivity contribution is 0.201. The maximum Gasteiger partial charge on any atom is 0.327 e. The Morgan fingerprint density at radius 1 is 1.07 bits per heavy atom. The molecule has 0 fully saturated rings. The molecule has 0 atom stereocenters. The van der Waals surface area contributed by atoms with Crippen molar-refractivity contribution in [3.63, 3.8) is 0 Å². The predicted molar refractivity (Wildman–Crippen MR) is 61.0 cm³/mol. The molecule has 0 saturated carbocycles. The van der Waals surface area contributed by atoms with E-state index in [1.165, 1.54) is 19.6 Å². The molecule has 0 aliphatic carbocycles. The number of rotatable bonds is 5. The fraction of sp³-hybridized carbons (Fsp3) is 1.00. The normalized spacial score (nSPS) is 10.7. The molecular formula is C9H24NO3P. The zero-order valence-electron chi connectivity index (χ0n) is 9.90. The van der Waals surface area contributed by atoms with Crippen LogP contribution < -0.4 is 0 Å². The highest BCUT2D eigenvalue weighted by Gasteiger charge is 2.00. The van der Waals surface area contributed by atoms with Crippen molar-refractivity contribution in [2.75, 3.05) is 19.6 Å². The van der Waals surface area contributed by atoms with E-state index in [9.17, 15) is 0 Å². The topological polar surface area (TPSA) is 52.9 Å². The summed E-state index contributed by atoms with van der Waals surface area (Å²) in [7, 11) is -2.14. The smallest absolute Gasteiger partial charge is 0.327 e. The minimum Gasteiger partial charge on any atom is -0.328 e. The SMILES string of the molecule is CC(C)OP(O)O.CCN(CC)CC. The first-order valence-electron chi connectivity index (χ1n) is 5.04. The Bertz CT molecular complexity index is 96.7. The minimum absolute atomic E-state index is 0.0962. The van der Waals surface area contributed by atoms with Crippen molar-refractivity contribution in [3.8, 4) is 0 Å². The third-order valence-corrected chi connectivity index (χ3v) is 2.26. The van der Waals surface area contributed by atoms with Gasteiger partial charge >= 0.3 is 8.60 Å². The van der Waals surface area contributed by atoms with E-state index in [0.717, 1.165) is 0 Å². The maximum atomic E-state index is 8.12. The maximum absolute atomic E-state index is 8.12. The van der Waals surface area contributed by atoms with Crippen LogP contribution in [0.25, 0.3) is 0 Å². The van der Waals surface area contributed by atoms with Crippen molar-refractivity contribution < 1.29 is 14.3 Å². The summed E-state index contributed by atoms with van der Waals surface area (Å²) in [5, 5.41) is 0. The Hall–Kier alpha value is 0.270. The fourth-order valence-corrected chi connectivity index (χ4v) is 1.24. The van der Waals surface area contributed by atoms with Crippen LogP contribution >= 0.6 is 8.60 Å². The van der Waals surface area contributed by atoms with E-state index in [2.05, 4.69) is 30.2 Å². The van der Waals surface area contributed by atoms with E-state index in [1.807, 2.05) is 0 Å².